The molecule has 0 saturated carbocycles. The molecule has 112 valence electrons. The standard InChI is InChI=1S/C18H24N2S/c1-4-8-19-17(13-21-18-7-5-6-9-20-18)16-11-14(2)10-15(3)12-16/h5-7,9-12,17,19H,4,8,13H2,1-3H3. The van der Waals surface area contributed by atoms with Gasteiger partial charge >= 0.3 is 0 Å². The summed E-state index contributed by atoms with van der Waals surface area (Å²) >= 11 is 1.81. The summed E-state index contributed by atoms with van der Waals surface area (Å²) in [4.78, 5) is 4.39. The topological polar surface area (TPSA) is 24.9 Å². The number of aromatic nitrogens is 1. The molecule has 0 saturated heterocycles. The quantitative estimate of drug-likeness (QED) is 0.760. The molecule has 1 atom stereocenters. The van der Waals surface area contributed by atoms with E-state index in [0.29, 0.717) is 6.04 Å². The van der Waals surface area contributed by atoms with Crippen molar-refractivity contribution in [1.29, 1.82) is 0 Å². The minimum absolute atomic E-state index is 0.371. The third kappa shape index (κ3) is 5.18. The van der Waals surface area contributed by atoms with E-state index in [9.17, 15) is 0 Å². The Kier molecular flexibility index (Phi) is 6.27. The number of nitrogens with zero attached hydrogens (tertiary/aromatic N) is 1. The molecule has 1 heterocycles. The molecule has 1 aromatic carbocycles. The van der Waals surface area contributed by atoms with Crippen LogP contribution in [0.5, 0.6) is 0 Å². The molecule has 1 unspecified atom stereocenters. The van der Waals surface area contributed by atoms with Crippen LogP contribution in [0.15, 0.2) is 47.6 Å². The molecule has 0 amide bonds. The first-order chi connectivity index (χ1) is 10.2. The van der Waals surface area contributed by atoms with Gasteiger partial charge in [-0.2, -0.15) is 0 Å². The van der Waals surface area contributed by atoms with E-state index in [1.807, 2.05) is 30.1 Å². The van der Waals surface area contributed by atoms with Crippen molar-refractivity contribution < 1.29 is 0 Å². The van der Waals surface area contributed by atoms with Gasteiger partial charge in [-0.05, 0) is 44.5 Å². The second-order valence-electron chi connectivity index (χ2n) is 5.41. The molecule has 0 fully saturated rings. The average molecular weight is 300 g/mol. The predicted octanol–water partition coefficient (Wildman–Crippen LogP) is 4.53. The Morgan fingerprint density at radius 1 is 1.14 bits per heavy atom. The summed E-state index contributed by atoms with van der Waals surface area (Å²) in [7, 11) is 0. The van der Waals surface area contributed by atoms with Gasteiger partial charge in [0.2, 0.25) is 0 Å². The normalized spacial score (nSPS) is 12.3. The van der Waals surface area contributed by atoms with Gasteiger partial charge < -0.3 is 5.32 Å². The van der Waals surface area contributed by atoms with Gasteiger partial charge in [-0.25, -0.2) is 4.98 Å². The molecular weight excluding hydrogens is 276 g/mol. The first kappa shape index (κ1) is 16.1. The maximum atomic E-state index is 4.39. The van der Waals surface area contributed by atoms with Gasteiger partial charge in [-0.15, -0.1) is 11.8 Å². The summed E-state index contributed by atoms with van der Waals surface area (Å²) in [6.07, 6.45) is 3.00. The molecule has 2 aromatic rings. The fourth-order valence-corrected chi connectivity index (χ4v) is 3.36. The summed E-state index contributed by atoms with van der Waals surface area (Å²) in [6, 6.07) is 13.3. The Hall–Kier alpha value is -1.32. The highest BCUT2D eigenvalue weighted by molar-refractivity contribution is 7.99. The van der Waals surface area contributed by atoms with Gasteiger partial charge in [0.15, 0.2) is 0 Å². The lowest BCUT2D eigenvalue weighted by atomic mass is 10.0. The van der Waals surface area contributed by atoms with Crippen molar-refractivity contribution in [3.63, 3.8) is 0 Å². The second-order valence-corrected chi connectivity index (χ2v) is 6.45. The molecule has 0 radical (unpaired) electrons. The van der Waals surface area contributed by atoms with Crippen molar-refractivity contribution in [2.75, 3.05) is 12.3 Å². The van der Waals surface area contributed by atoms with Gasteiger partial charge in [-0.3, -0.25) is 0 Å². The molecule has 0 aliphatic rings. The van der Waals surface area contributed by atoms with E-state index >= 15 is 0 Å². The van der Waals surface area contributed by atoms with Crippen LogP contribution in [0.3, 0.4) is 0 Å². The van der Waals surface area contributed by atoms with E-state index in [2.05, 4.69) is 55.3 Å². The molecule has 21 heavy (non-hydrogen) atoms. The van der Waals surface area contributed by atoms with Crippen LogP contribution in [0.1, 0.15) is 36.1 Å². The van der Waals surface area contributed by atoms with Crippen LogP contribution in [0.2, 0.25) is 0 Å². The summed E-state index contributed by atoms with van der Waals surface area (Å²) in [5, 5.41) is 4.75. The Morgan fingerprint density at radius 3 is 2.52 bits per heavy atom. The highest BCUT2D eigenvalue weighted by Crippen LogP contribution is 2.24. The number of hydrogen-bond donors (Lipinski definition) is 1. The number of benzene rings is 1. The van der Waals surface area contributed by atoms with E-state index in [-0.39, 0.29) is 0 Å². The predicted molar refractivity (Wildman–Crippen MR) is 91.9 cm³/mol. The summed E-state index contributed by atoms with van der Waals surface area (Å²) in [5.41, 5.74) is 4.04. The Morgan fingerprint density at radius 2 is 1.90 bits per heavy atom. The molecule has 0 bridgehead atoms. The first-order valence-corrected chi connectivity index (χ1v) is 8.53. The van der Waals surface area contributed by atoms with Crippen LogP contribution in [0.4, 0.5) is 0 Å². The van der Waals surface area contributed by atoms with Gasteiger partial charge in [0.1, 0.15) is 0 Å². The SMILES string of the molecule is CCCNC(CSc1ccccn1)c1cc(C)cc(C)c1. The number of nitrogens with one attached hydrogen (secondary N) is 1. The van der Waals surface area contributed by atoms with Crippen molar-refractivity contribution in [3.05, 3.63) is 59.3 Å². The second kappa shape index (κ2) is 8.20. The van der Waals surface area contributed by atoms with E-state index in [1.165, 1.54) is 16.7 Å². The van der Waals surface area contributed by atoms with Crippen molar-refractivity contribution in [2.45, 2.75) is 38.3 Å². The van der Waals surface area contributed by atoms with Crippen molar-refractivity contribution in [2.24, 2.45) is 0 Å². The first-order valence-electron chi connectivity index (χ1n) is 7.54. The largest absolute Gasteiger partial charge is 0.309 e. The minimum Gasteiger partial charge on any atom is -0.309 e. The Balaban J connectivity index is 2.10. The highest BCUT2D eigenvalue weighted by atomic mass is 32.2. The van der Waals surface area contributed by atoms with Crippen molar-refractivity contribution >= 4 is 11.8 Å². The third-order valence-electron chi connectivity index (χ3n) is 3.32. The van der Waals surface area contributed by atoms with Crippen LogP contribution in [-0.4, -0.2) is 17.3 Å². The smallest absolute Gasteiger partial charge is 0.0960 e. The fraction of sp³-hybridized carbons (Fsp3) is 0.389. The molecule has 1 aromatic heterocycles. The van der Waals surface area contributed by atoms with Crippen molar-refractivity contribution in [1.82, 2.24) is 10.3 Å². The molecule has 0 aliphatic carbocycles. The van der Waals surface area contributed by atoms with E-state index in [0.717, 1.165) is 23.7 Å². The maximum absolute atomic E-state index is 4.39. The average Bonchev–Trinajstić information content (AvgIpc) is 2.47. The Bertz CT molecular complexity index is 534. The number of aryl methyl sites for hydroxylation is 2. The lowest BCUT2D eigenvalue weighted by Gasteiger charge is -2.19. The lowest BCUT2D eigenvalue weighted by Crippen LogP contribution is -2.24. The summed E-state index contributed by atoms with van der Waals surface area (Å²) in [6.45, 7) is 7.58. The molecule has 2 rings (SSSR count). The van der Waals surface area contributed by atoms with Crippen LogP contribution in [-0.2, 0) is 0 Å². The minimum atomic E-state index is 0.371. The summed E-state index contributed by atoms with van der Waals surface area (Å²) in [5.74, 6) is 1.000. The molecular formula is C18H24N2S. The number of hydrogen-bond acceptors (Lipinski definition) is 3. The van der Waals surface area contributed by atoms with Gasteiger partial charge in [-0.1, -0.05) is 42.3 Å². The molecule has 0 spiro atoms. The molecule has 2 nitrogen and oxygen atoms in total. The zero-order valence-electron chi connectivity index (χ0n) is 13.1. The van der Waals surface area contributed by atoms with Gasteiger partial charge in [0.25, 0.3) is 0 Å². The highest BCUT2D eigenvalue weighted by Gasteiger charge is 2.12. The van der Waals surface area contributed by atoms with Crippen LogP contribution in [0, 0.1) is 13.8 Å². The zero-order chi connectivity index (χ0) is 15.1. The van der Waals surface area contributed by atoms with E-state index < -0.39 is 0 Å². The van der Waals surface area contributed by atoms with Crippen molar-refractivity contribution in [3.8, 4) is 0 Å². The molecule has 3 heteroatoms. The zero-order valence-corrected chi connectivity index (χ0v) is 13.9. The maximum Gasteiger partial charge on any atom is 0.0960 e. The monoisotopic (exact) mass is 300 g/mol. The lowest BCUT2D eigenvalue weighted by molar-refractivity contribution is 0.576. The number of rotatable bonds is 7. The Labute approximate surface area is 132 Å². The third-order valence-corrected chi connectivity index (χ3v) is 4.36. The van der Waals surface area contributed by atoms with Gasteiger partial charge in [0, 0.05) is 18.0 Å². The number of thioether (sulfide) groups is 1. The summed E-state index contributed by atoms with van der Waals surface area (Å²) < 4.78 is 0. The van der Waals surface area contributed by atoms with E-state index in [4.69, 9.17) is 0 Å². The van der Waals surface area contributed by atoms with Gasteiger partial charge in [0.05, 0.1) is 5.03 Å². The molecule has 1 N–H and O–H groups in total. The number of pyridine rings is 1. The van der Waals surface area contributed by atoms with Crippen LogP contribution in [0.25, 0.3) is 0 Å². The van der Waals surface area contributed by atoms with E-state index in [1.54, 1.807) is 0 Å². The van der Waals surface area contributed by atoms with Crippen LogP contribution < -0.4 is 5.32 Å². The van der Waals surface area contributed by atoms with Crippen LogP contribution >= 0.6 is 11.8 Å². The molecule has 0 aliphatic heterocycles. The fourth-order valence-electron chi connectivity index (χ4n) is 2.40.